The Balaban J connectivity index is 2.27. The molecule has 1 atom stereocenters. The molecule has 5 heteroatoms. The SMILES string of the molecule is CCC1(COCCC[Si](C)(C)OC(C)(CC)[SiH](C)C)COC1. The quantitative estimate of drug-likeness (QED) is 0.414. The monoisotopic (exact) mass is 346 g/mol. The van der Waals surface area contributed by atoms with Crippen LogP contribution in [0.2, 0.25) is 32.2 Å². The lowest BCUT2D eigenvalue weighted by Gasteiger charge is -2.41. The molecular formula is C17H38O3Si2. The second-order valence-corrected chi connectivity index (χ2v) is 15.9. The van der Waals surface area contributed by atoms with Gasteiger partial charge in [0.05, 0.1) is 28.6 Å². The standard InChI is InChI=1S/C17H38O3Si2/c1-8-16(3,21(4)5)20-22(6,7)12-10-11-18-13-17(9-2)14-19-15-17/h21H,8-15H2,1-7H3. The van der Waals surface area contributed by atoms with Crippen molar-refractivity contribution in [3.8, 4) is 0 Å². The van der Waals surface area contributed by atoms with Crippen LogP contribution in [0.1, 0.15) is 40.0 Å². The van der Waals surface area contributed by atoms with Gasteiger partial charge < -0.3 is 13.9 Å². The van der Waals surface area contributed by atoms with Crippen molar-refractivity contribution in [1.29, 1.82) is 0 Å². The van der Waals surface area contributed by atoms with Gasteiger partial charge in [-0.3, -0.25) is 0 Å². The van der Waals surface area contributed by atoms with Crippen LogP contribution in [-0.2, 0) is 13.9 Å². The van der Waals surface area contributed by atoms with Gasteiger partial charge >= 0.3 is 0 Å². The summed E-state index contributed by atoms with van der Waals surface area (Å²) in [5.74, 6) is 0. The lowest BCUT2D eigenvalue weighted by molar-refractivity contribution is -0.150. The number of hydrogen-bond donors (Lipinski definition) is 0. The predicted octanol–water partition coefficient (Wildman–Crippen LogP) is 4.24. The maximum atomic E-state index is 6.66. The minimum atomic E-state index is -1.59. The Hall–Kier alpha value is 0.314. The van der Waals surface area contributed by atoms with Crippen molar-refractivity contribution in [2.75, 3.05) is 26.4 Å². The summed E-state index contributed by atoms with van der Waals surface area (Å²) >= 11 is 0. The van der Waals surface area contributed by atoms with Gasteiger partial charge in [-0.2, -0.15) is 0 Å². The summed E-state index contributed by atoms with van der Waals surface area (Å²) in [5, 5.41) is 0.159. The number of hydrogen-bond acceptors (Lipinski definition) is 3. The van der Waals surface area contributed by atoms with Crippen molar-refractivity contribution in [1.82, 2.24) is 0 Å². The minimum Gasteiger partial charge on any atom is -0.415 e. The normalized spacial score (nSPS) is 20.7. The smallest absolute Gasteiger partial charge is 0.187 e. The van der Waals surface area contributed by atoms with Crippen molar-refractivity contribution >= 4 is 17.1 Å². The Kier molecular flexibility index (Phi) is 7.79. The highest BCUT2D eigenvalue weighted by molar-refractivity contribution is 6.72. The Morgan fingerprint density at radius 1 is 1.23 bits per heavy atom. The highest BCUT2D eigenvalue weighted by Crippen LogP contribution is 2.31. The third kappa shape index (κ3) is 5.75. The van der Waals surface area contributed by atoms with Crippen LogP contribution in [0.5, 0.6) is 0 Å². The predicted molar refractivity (Wildman–Crippen MR) is 99.9 cm³/mol. The molecule has 1 aliphatic rings. The fourth-order valence-corrected chi connectivity index (χ4v) is 8.17. The number of rotatable bonds is 11. The molecule has 0 bridgehead atoms. The van der Waals surface area contributed by atoms with Gasteiger partial charge in [-0.25, -0.2) is 0 Å². The summed E-state index contributed by atoms with van der Waals surface area (Å²) in [4.78, 5) is 0. The molecular weight excluding hydrogens is 308 g/mol. The molecule has 0 aromatic carbocycles. The fourth-order valence-electron chi connectivity index (χ4n) is 2.95. The van der Waals surface area contributed by atoms with Crippen LogP contribution in [0, 0.1) is 5.41 Å². The molecule has 0 N–H and O–H groups in total. The van der Waals surface area contributed by atoms with Crippen molar-refractivity contribution in [3.63, 3.8) is 0 Å². The third-order valence-corrected chi connectivity index (χ3v) is 11.3. The fraction of sp³-hybridized carbons (Fsp3) is 1.00. The van der Waals surface area contributed by atoms with Crippen molar-refractivity contribution < 1.29 is 13.9 Å². The molecule has 0 aromatic heterocycles. The van der Waals surface area contributed by atoms with Gasteiger partial charge in [-0.1, -0.05) is 26.9 Å². The van der Waals surface area contributed by atoms with Gasteiger partial charge in [0.25, 0.3) is 0 Å². The van der Waals surface area contributed by atoms with E-state index in [1.54, 1.807) is 0 Å². The lowest BCUT2D eigenvalue weighted by Crippen LogP contribution is -2.49. The van der Waals surface area contributed by atoms with Crippen LogP contribution in [-0.4, -0.2) is 48.8 Å². The first-order valence-corrected chi connectivity index (χ1v) is 15.0. The van der Waals surface area contributed by atoms with E-state index in [1.807, 2.05) is 0 Å². The number of ether oxygens (including phenoxy) is 2. The van der Waals surface area contributed by atoms with E-state index in [2.05, 4.69) is 47.0 Å². The molecule has 3 nitrogen and oxygen atoms in total. The summed E-state index contributed by atoms with van der Waals surface area (Å²) in [6, 6.07) is 1.19. The van der Waals surface area contributed by atoms with E-state index in [0.717, 1.165) is 45.7 Å². The Bertz CT molecular complexity index is 324. The second kappa shape index (κ2) is 8.42. The van der Waals surface area contributed by atoms with Crippen LogP contribution >= 0.6 is 0 Å². The van der Waals surface area contributed by atoms with E-state index < -0.39 is 17.1 Å². The van der Waals surface area contributed by atoms with E-state index in [1.165, 1.54) is 6.04 Å². The van der Waals surface area contributed by atoms with Crippen LogP contribution in [0.4, 0.5) is 0 Å². The Labute approximate surface area is 140 Å². The molecule has 0 amide bonds. The Morgan fingerprint density at radius 3 is 2.27 bits per heavy atom. The van der Waals surface area contributed by atoms with Gasteiger partial charge in [-0.05, 0) is 45.3 Å². The largest absolute Gasteiger partial charge is 0.415 e. The molecule has 22 heavy (non-hydrogen) atoms. The highest BCUT2D eigenvalue weighted by Gasteiger charge is 2.37. The van der Waals surface area contributed by atoms with Gasteiger partial charge in [0.1, 0.15) is 0 Å². The van der Waals surface area contributed by atoms with Crippen LogP contribution in [0.25, 0.3) is 0 Å². The second-order valence-electron chi connectivity index (χ2n) is 8.19. The lowest BCUT2D eigenvalue weighted by atomic mass is 9.84. The average Bonchev–Trinajstić information content (AvgIpc) is 2.40. The molecule has 1 aliphatic heterocycles. The molecule has 0 radical (unpaired) electrons. The van der Waals surface area contributed by atoms with Crippen LogP contribution in [0.3, 0.4) is 0 Å². The Morgan fingerprint density at radius 2 is 1.86 bits per heavy atom. The molecule has 1 fully saturated rings. The first-order chi connectivity index (χ1) is 10.2. The maximum absolute atomic E-state index is 6.66. The van der Waals surface area contributed by atoms with E-state index in [0.29, 0.717) is 5.41 Å². The van der Waals surface area contributed by atoms with Crippen LogP contribution in [0.15, 0.2) is 0 Å². The van der Waals surface area contributed by atoms with E-state index in [4.69, 9.17) is 13.9 Å². The first-order valence-electron chi connectivity index (χ1n) is 9.04. The van der Waals surface area contributed by atoms with Gasteiger partial charge in [-0.15, -0.1) is 0 Å². The molecule has 0 saturated carbocycles. The van der Waals surface area contributed by atoms with E-state index in [9.17, 15) is 0 Å². The average molecular weight is 347 g/mol. The summed E-state index contributed by atoms with van der Waals surface area (Å²) in [5.41, 5.74) is 0.313. The molecule has 0 aromatic rings. The van der Waals surface area contributed by atoms with E-state index >= 15 is 0 Å². The first kappa shape index (κ1) is 20.4. The molecule has 1 saturated heterocycles. The van der Waals surface area contributed by atoms with E-state index in [-0.39, 0.29) is 5.22 Å². The topological polar surface area (TPSA) is 27.7 Å². The van der Waals surface area contributed by atoms with Crippen molar-refractivity contribution in [2.45, 2.75) is 77.5 Å². The molecule has 1 heterocycles. The minimum absolute atomic E-state index is 0.159. The maximum Gasteiger partial charge on any atom is 0.187 e. The molecule has 1 rings (SSSR count). The third-order valence-electron chi connectivity index (χ3n) is 5.48. The summed E-state index contributed by atoms with van der Waals surface area (Å²) < 4.78 is 17.9. The molecule has 0 aliphatic carbocycles. The summed E-state index contributed by atoms with van der Waals surface area (Å²) in [6.45, 7) is 19.8. The summed E-state index contributed by atoms with van der Waals surface area (Å²) in [7, 11) is -2.39. The molecule has 132 valence electrons. The summed E-state index contributed by atoms with van der Waals surface area (Å²) in [6.07, 6.45) is 3.42. The van der Waals surface area contributed by atoms with Crippen LogP contribution < -0.4 is 0 Å². The van der Waals surface area contributed by atoms with Crippen molar-refractivity contribution in [3.05, 3.63) is 0 Å². The van der Waals surface area contributed by atoms with Gasteiger partial charge in [0.2, 0.25) is 0 Å². The van der Waals surface area contributed by atoms with Gasteiger partial charge in [0.15, 0.2) is 8.32 Å². The van der Waals surface area contributed by atoms with Crippen molar-refractivity contribution in [2.24, 2.45) is 5.41 Å². The zero-order valence-corrected chi connectivity index (χ0v) is 18.1. The highest BCUT2D eigenvalue weighted by atomic mass is 28.4. The molecule has 0 spiro atoms. The van der Waals surface area contributed by atoms with Gasteiger partial charge in [0, 0.05) is 17.2 Å². The molecule has 1 unspecified atom stereocenters. The zero-order valence-electron chi connectivity index (χ0n) is 16.0. The zero-order chi connectivity index (χ0) is 16.9.